The third kappa shape index (κ3) is 3.28. The SMILES string of the molecule is Nc1cnc(NS(=O)(=O)c2ccc(Br)cc2F)c(Br)c1. The van der Waals surface area contributed by atoms with E-state index in [4.69, 9.17) is 5.73 Å². The minimum atomic E-state index is -4.08. The first-order valence-corrected chi connectivity index (χ1v) is 8.25. The third-order valence-corrected chi connectivity index (χ3v) is 4.75. The zero-order valence-electron chi connectivity index (χ0n) is 9.77. The van der Waals surface area contributed by atoms with Crippen LogP contribution in [0.15, 0.2) is 44.3 Å². The maximum Gasteiger partial charge on any atom is 0.265 e. The van der Waals surface area contributed by atoms with Gasteiger partial charge < -0.3 is 5.73 Å². The molecule has 20 heavy (non-hydrogen) atoms. The summed E-state index contributed by atoms with van der Waals surface area (Å²) in [6.07, 6.45) is 1.29. The highest BCUT2D eigenvalue weighted by Crippen LogP contribution is 2.26. The first-order chi connectivity index (χ1) is 9.29. The van der Waals surface area contributed by atoms with E-state index in [0.717, 1.165) is 12.1 Å². The van der Waals surface area contributed by atoms with Gasteiger partial charge in [-0.05, 0) is 40.2 Å². The average Bonchev–Trinajstić information content (AvgIpc) is 2.32. The predicted molar refractivity (Wildman–Crippen MR) is 81.3 cm³/mol. The third-order valence-electron chi connectivity index (χ3n) is 2.28. The number of nitrogens with zero attached hydrogens (tertiary/aromatic N) is 1. The minimum absolute atomic E-state index is 0.0292. The van der Waals surface area contributed by atoms with Gasteiger partial charge in [-0.25, -0.2) is 17.8 Å². The summed E-state index contributed by atoms with van der Waals surface area (Å²) in [7, 11) is -4.08. The molecule has 5 nitrogen and oxygen atoms in total. The fourth-order valence-corrected chi connectivity index (χ4v) is 3.42. The van der Waals surface area contributed by atoms with E-state index in [-0.39, 0.29) is 5.82 Å². The zero-order chi connectivity index (χ0) is 14.9. The summed E-state index contributed by atoms with van der Waals surface area (Å²) < 4.78 is 40.9. The number of nitrogen functional groups attached to an aromatic ring is 1. The van der Waals surface area contributed by atoms with Crippen LogP contribution in [0.25, 0.3) is 0 Å². The molecule has 106 valence electrons. The van der Waals surface area contributed by atoms with Crippen molar-refractivity contribution in [2.75, 3.05) is 10.5 Å². The molecule has 1 aromatic heterocycles. The molecule has 1 aromatic carbocycles. The van der Waals surface area contributed by atoms with Gasteiger partial charge in [0.25, 0.3) is 10.0 Å². The fourth-order valence-electron chi connectivity index (χ4n) is 1.40. The van der Waals surface area contributed by atoms with Gasteiger partial charge in [-0.2, -0.15) is 0 Å². The van der Waals surface area contributed by atoms with E-state index >= 15 is 0 Å². The van der Waals surface area contributed by atoms with Crippen molar-refractivity contribution < 1.29 is 12.8 Å². The van der Waals surface area contributed by atoms with Gasteiger partial charge in [0.05, 0.1) is 16.4 Å². The predicted octanol–water partition coefficient (Wildman–Crippen LogP) is 3.13. The highest BCUT2D eigenvalue weighted by atomic mass is 79.9. The molecule has 0 spiro atoms. The molecule has 2 aromatic rings. The Balaban J connectivity index is 2.41. The average molecular weight is 425 g/mol. The number of rotatable bonds is 3. The van der Waals surface area contributed by atoms with Crippen LogP contribution in [0.2, 0.25) is 0 Å². The number of nitrogens with one attached hydrogen (secondary N) is 1. The molecule has 1 heterocycles. The topological polar surface area (TPSA) is 85.1 Å². The summed E-state index contributed by atoms with van der Waals surface area (Å²) in [5.74, 6) is -0.833. The van der Waals surface area contributed by atoms with Crippen molar-refractivity contribution in [2.24, 2.45) is 0 Å². The van der Waals surface area contributed by atoms with Gasteiger partial charge in [0, 0.05) is 4.47 Å². The van der Waals surface area contributed by atoms with Gasteiger partial charge in [-0.15, -0.1) is 0 Å². The van der Waals surface area contributed by atoms with Crippen LogP contribution in [0.4, 0.5) is 15.9 Å². The summed E-state index contributed by atoms with van der Waals surface area (Å²) >= 11 is 6.19. The first-order valence-electron chi connectivity index (χ1n) is 5.18. The lowest BCUT2D eigenvalue weighted by atomic mass is 10.3. The summed E-state index contributed by atoms with van der Waals surface area (Å²) in [5, 5.41) is 0. The van der Waals surface area contributed by atoms with Crippen molar-refractivity contribution in [3.8, 4) is 0 Å². The number of nitrogens with two attached hydrogens (primary N) is 1. The van der Waals surface area contributed by atoms with Crippen LogP contribution in [-0.2, 0) is 10.0 Å². The molecule has 0 aliphatic rings. The Bertz CT molecular complexity index is 768. The van der Waals surface area contributed by atoms with E-state index in [1.807, 2.05) is 0 Å². The molecule has 0 fully saturated rings. The van der Waals surface area contributed by atoms with Crippen molar-refractivity contribution in [2.45, 2.75) is 4.90 Å². The van der Waals surface area contributed by atoms with Crippen LogP contribution in [0.3, 0.4) is 0 Å². The number of pyridine rings is 1. The van der Waals surface area contributed by atoms with Gasteiger partial charge in [-0.3, -0.25) is 4.72 Å². The van der Waals surface area contributed by atoms with Crippen LogP contribution in [0, 0.1) is 5.82 Å². The number of hydrogen-bond acceptors (Lipinski definition) is 4. The van der Waals surface area contributed by atoms with Crippen molar-refractivity contribution in [3.63, 3.8) is 0 Å². The Kier molecular flexibility index (Phi) is 4.31. The normalized spacial score (nSPS) is 11.3. The van der Waals surface area contributed by atoms with Gasteiger partial charge in [0.2, 0.25) is 0 Å². The summed E-state index contributed by atoms with van der Waals surface area (Å²) in [6, 6.07) is 5.15. The van der Waals surface area contributed by atoms with Crippen LogP contribution in [0.1, 0.15) is 0 Å². The van der Waals surface area contributed by atoms with E-state index < -0.39 is 20.7 Å². The molecule has 0 aliphatic heterocycles. The second-order valence-corrected chi connectivity index (χ2v) is 7.20. The molecule has 0 radical (unpaired) electrons. The monoisotopic (exact) mass is 423 g/mol. The molecule has 0 unspecified atom stereocenters. The summed E-state index contributed by atoms with van der Waals surface area (Å²) in [6.45, 7) is 0. The molecule has 9 heteroatoms. The van der Waals surface area contributed by atoms with E-state index in [9.17, 15) is 12.8 Å². The second kappa shape index (κ2) is 5.66. The lowest BCUT2D eigenvalue weighted by Crippen LogP contribution is -2.16. The quantitative estimate of drug-likeness (QED) is 0.792. The molecule has 3 N–H and O–H groups in total. The number of hydrogen-bond donors (Lipinski definition) is 2. The smallest absolute Gasteiger partial charge is 0.265 e. The van der Waals surface area contributed by atoms with Gasteiger partial charge in [-0.1, -0.05) is 15.9 Å². The molecule has 0 aliphatic carbocycles. The molecule has 0 bridgehead atoms. The number of aromatic nitrogens is 1. The summed E-state index contributed by atoms with van der Waals surface area (Å²) in [4.78, 5) is 3.38. The molecular weight excluding hydrogens is 417 g/mol. The number of halogens is 3. The first kappa shape index (κ1) is 15.2. The van der Waals surface area contributed by atoms with Crippen LogP contribution in [-0.4, -0.2) is 13.4 Å². The van der Waals surface area contributed by atoms with E-state index in [2.05, 4.69) is 41.6 Å². The number of benzene rings is 1. The Morgan fingerprint density at radius 1 is 1.25 bits per heavy atom. The molecule has 0 amide bonds. The summed E-state index contributed by atoms with van der Waals surface area (Å²) in [5.41, 5.74) is 5.88. The largest absolute Gasteiger partial charge is 0.397 e. The van der Waals surface area contributed by atoms with E-state index in [1.165, 1.54) is 18.3 Å². The maximum atomic E-state index is 13.7. The standard InChI is InChI=1S/C11H8Br2FN3O2S/c12-6-1-2-10(9(14)3-6)20(18,19)17-11-8(13)4-7(15)5-16-11/h1-5H,15H2,(H,16,17). The van der Waals surface area contributed by atoms with Crippen molar-refractivity contribution in [1.82, 2.24) is 4.98 Å². The molecule has 0 atom stereocenters. The lowest BCUT2D eigenvalue weighted by Gasteiger charge is -2.10. The highest BCUT2D eigenvalue weighted by molar-refractivity contribution is 9.10. The Hall–Kier alpha value is -1.19. The van der Waals surface area contributed by atoms with E-state index in [1.54, 1.807) is 0 Å². The molecule has 2 rings (SSSR count). The molecule has 0 saturated carbocycles. The number of anilines is 2. The zero-order valence-corrected chi connectivity index (χ0v) is 13.8. The van der Waals surface area contributed by atoms with Crippen molar-refractivity contribution in [3.05, 3.63) is 45.2 Å². The highest BCUT2D eigenvalue weighted by Gasteiger charge is 2.20. The van der Waals surface area contributed by atoms with Crippen LogP contribution in [0.5, 0.6) is 0 Å². The van der Waals surface area contributed by atoms with Gasteiger partial charge in [0.15, 0.2) is 5.82 Å². The Morgan fingerprint density at radius 2 is 1.95 bits per heavy atom. The Morgan fingerprint density at radius 3 is 2.55 bits per heavy atom. The fraction of sp³-hybridized carbons (Fsp3) is 0. The number of sulfonamides is 1. The van der Waals surface area contributed by atoms with Gasteiger partial charge in [0.1, 0.15) is 10.7 Å². The maximum absolute atomic E-state index is 13.7. The molecular formula is C11H8Br2FN3O2S. The lowest BCUT2D eigenvalue weighted by molar-refractivity contribution is 0.569. The van der Waals surface area contributed by atoms with Gasteiger partial charge >= 0.3 is 0 Å². The second-order valence-electron chi connectivity index (χ2n) is 3.78. The van der Waals surface area contributed by atoms with E-state index in [0.29, 0.717) is 14.6 Å². The molecule has 0 saturated heterocycles. The minimum Gasteiger partial charge on any atom is -0.397 e. The van der Waals surface area contributed by atoms with Crippen molar-refractivity contribution in [1.29, 1.82) is 0 Å². The van der Waals surface area contributed by atoms with Crippen molar-refractivity contribution >= 4 is 53.4 Å². The Labute approximate surface area is 131 Å². The van der Waals surface area contributed by atoms with Crippen LogP contribution < -0.4 is 10.5 Å². The van der Waals surface area contributed by atoms with Crippen LogP contribution >= 0.6 is 31.9 Å².